The maximum Gasteiger partial charge on any atom is 0.140 e. The molecule has 1 aliphatic rings. The summed E-state index contributed by atoms with van der Waals surface area (Å²) in [5, 5.41) is 3.56. The Kier molecular flexibility index (Phi) is 3.76. The molecule has 0 unspecified atom stereocenters. The highest BCUT2D eigenvalue weighted by atomic mass is 79.9. The van der Waals surface area contributed by atoms with Gasteiger partial charge in [-0.15, -0.1) is 0 Å². The molecule has 2 rings (SSSR count). The van der Waals surface area contributed by atoms with Gasteiger partial charge in [0.25, 0.3) is 0 Å². The van der Waals surface area contributed by atoms with Crippen LogP contribution in [-0.2, 0) is 0 Å². The first-order valence-electron chi connectivity index (χ1n) is 6.35. The van der Waals surface area contributed by atoms with Gasteiger partial charge in [-0.2, -0.15) is 0 Å². The standard InChI is InChI=1S/C14H21BrN2/c1-10-8-12(15)13(16-9-10)17-11-4-6-14(2,3)7-5-11/h8-9,11H,4-7H2,1-3H3,(H,16,17). The highest BCUT2D eigenvalue weighted by Crippen LogP contribution is 2.36. The summed E-state index contributed by atoms with van der Waals surface area (Å²) < 4.78 is 1.07. The van der Waals surface area contributed by atoms with Gasteiger partial charge in [-0.3, -0.25) is 0 Å². The van der Waals surface area contributed by atoms with E-state index in [2.05, 4.69) is 53.1 Å². The molecule has 0 aromatic carbocycles. The molecular formula is C14H21BrN2. The summed E-state index contributed by atoms with van der Waals surface area (Å²) in [5.74, 6) is 0.986. The molecule has 1 aromatic rings. The van der Waals surface area contributed by atoms with Gasteiger partial charge in [0.1, 0.15) is 5.82 Å². The van der Waals surface area contributed by atoms with Crippen molar-refractivity contribution in [1.82, 2.24) is 4.98 Å². The van der Waals surface area contributed by atoms with Crippen LogP contribution in [0.5, 0.6) is 0 Å². The molecule has 0 spiro atoms. The maximum atomic E-state index is 4.45. The van der Waals surface area contributed by atoms with E-state index >= 15 is 0 Å². The summed E-state index contributed by atoms with van der Waals surface area (Å²) >= 11 is 3.57. The van der Waals surface area contributed by atoms with Gasteiger partial charge in [0.2, 0.25) is 0 Å². The molecule has 1 fully saturated rings. The highest BCUT2D eigenvalue weighted by Gasteiger charge is 2.27. The van der Waals surface area contributed by atoms with Crippen LogP contribution in [0.4, 0.5) is 5.82 Å². The second-order valence-electron chi connectivity index (χ2n) is 5.93. The quantitative estimate of drug-likeness (QED) is 0.867. The number of aryl methyl sites for hydroxylation is 1. The molecule has 17 heavy (non-hydrogen) atoms. The molecule has 1 aromatic heterocycles. The Morgan fingerprint density at radius 3 is 2.59 bits per heavy atom. The molecule has 0 bridgehead atoms. The topological polar surface area (TPSA) is 24.9 Å². The number of aromatic nitrogens is 1. The summed E-state index contributed by atoms with van der Waals surface area (Å²) in [6.07, 6.45) is 7.01. The zero-order valence-electron chi connectivity index (χ0n) is 10.9. The minimum absolute atomic E-state index is 0.524. The Balaban J connectivity index is 1.98. The zero-order valence-corrected chi connectivity index (χ0v) is 12.5. The highest BCUT2D eigenvalue weighted by molar-refractivity contribution is 9.10. The summed E-state index contributed by atoms with van der Waals surface area (Å²) in [6, 6.07) is 2.69. The van der Waals surface area contributed by atoms with Gasteiger partial charge in [0.05, 0.1) is 4.47 Å². The molecule has 1 aliphatic carbocycles. The molecule has 0 amide bonds. The van der Waals surface area contributed by atoms with Gasteiger partial charge in [0.15, 0.2) is 0 Å². The molecule has 0 saturated heterocycles. The fourth-order valence-corrected chi connectivity index (χ4v) is 2.95. The Morgan fingerprint density at radius 2 is 2.00 bits per heavy atom. The SMILES string of the molecule is Cc1cnc(NC2CCC(C)(C)CC2)c(Br)c1. The van der Waals surface area contributed by atoms with Crippen LogP contribution >= 0.6 is 15.9 Å². The largest absolute Gasteiger partial charge is 0.366 e. The number of anilines is 1. The number of hydrogen-bond donors (Lipinski definition) is 1. The lowest BCUT2D eigenvalue weighted by Crippen LogP contribution is -2.30. The fraction of sp³-hybridized carbons (Fsp3) is 0.643. The van der Waals surface area contributed by atoms with Gasteiger partial charge in [-0.1, -0.05) is 13.8 Å². The van der Waals surface area contributed by atoms with E-state index in [1.54, 1.807) is 0 Å². The van der Waals surface area contributed by atoms with Gasteiger partial charge < -0.3 is 5.32 Å². The van der Waals surface area contributed by atoms with Crippen molar-refractivity contribution in [3.05, 3.63) is 22.3 Å². The van der Waals surface area contributed by atoms with Gasteiger partial charge >= 0.3 is 0 Å². The van der Waals surface area contributed by atoms with Crippen LogP contribution in [0.2, 0.25) is 0 Å². The molecule has 1 saturated carbocycles. The minimum atomic E-state index is 0.524. The molecule has 2 nitrogen and oxygen atoms in total. The molecule has 0 aliphatic heterocycles. The van der Waals surface area contributed by atoms with Crippen LogP contribution in [0.1, 0.15) is 45.1 Å². The van der Waals surface area contributed by atoms with E-state index in [0.717, 1.165) is 10.3 Å². The fourth-order valence-electron chi connectivity index (χ4n) is 2.38. The predicted octanol–water partition coefficient (Wildman–Crippen LogP) is 4.53. The summed E-state index contributed by atoms with van der Waals surface area (Å²) in [5.41, 5.74) is 1.71. The van der Waals surface area contributed by atoms with Crippen LogP contribution < -0.4 is 5.32 Å². The second-order valence-corrected chi connectivity index (χ2v) is 6.78. The van der Waals surface area contributed by atoms with E-state index in [9.17, 15) is 0 Å². The molecule has 3 heteroatoms. The molecule has 94 valence electrons. The Morgan fingerprint density at radius 1 is 1.35 bits per heavy atom. The van der Waals surface area contributed by atoms with E-state index in [0.29, 0.717) is 11.5 Å². The number of pyridine rings is 1. The average molecular weight is 297 g/mol. The third kappa shape index (κ3) is 3.44. The first-order valence-corrected chi connectivity index (χ1v) is 7.14. The Bertz CT molecular complexity index is 391. The van der Waals surface area contributed by atoms with Crippen molar-refractivity contribution in [2.45, 2.75) is 52.5 Å². The van der Waals surface area contributed by atoms with E-state index in [-0.39, 0.29) is 0 Å². The van der Waals surface area contributed by atoms with Crippen molar-refractivity contribution in [3.8, 4) is 0 Å². The monoisotopic (exact) mass is 296 g/mol. The van der Waals surface area contributed by atoms with Crippen molar-refractivity contribution in [1.29, 1.82) is 0 Å². The van der Waals surface area contributed by atoms with Gasteiger partial charge in [-0.05, 0) is 65.6 Å². The van der Waals surface area contributed by atoms with Crippen LogP contribution in [0, 0.1) is 12.3 Å². The lowest BCUT2D eigenvalue weighted by molar-refractivity contribution is 0.232. The van der Waals surface area contributed by atoms with Crippen molar-refractivity contribution in [2.75, 3.05) is 5.32 Å². The van der Waals surface area contributed by atoms with Crippen molar-refractivity contribution >= 4 is 21.7 Å². The summed E-state index contributed by atoms with van der Waals surface area (Å²) in [4.78, 5) is 4.45. The number of rotatable bonds is 2. The lowest BCUT2D eigenvalue weighted by atomic mass is 9.75. The number of hydrogen-bond acceptors (Lipinski definition) is 2. The first kappa shape index (κ1) is 12.9. The minimum Gasteiger partial charge on any atom is -0.366 e. The van der Waals surface area contributed by atoms with Crippen molar-refractivity contribution < 1.29 is 0 Å². The molecular weight excluding hydrogens is 276 g/mol. The lowest BCUT2D eigenvalue weighted by Gasteiger charge is -2.35. The second kappa shape index (κ2) is 4.97. The normalized spacial score (nSPS) is 20.2. The van der Waals surface area contributed by atoms with Crippen LogP contribution in [0.3, 0.4) is 0 Å². The predicted molar refractivity (Wildman–Crippen MR) is 76.3 cm³/mol. The summed E-state index contributed by atoms with van der Waals surface area (Å²) in [6.45, 7) is 6.79. The number of halogens is 1. The van der Waals surface area contributed by atoms with E-state index < -0.39 is 0 Å². The third-order valence-corrected chi connectivity index (χ3v) is 4.26. The Hall–Kier alpha value is -0.570. The Labute approximate surface area is 112 Å². The van der Waals surface area contributed by atoms with E-state index in [1.165, 1.54) is 31.2 Å². The molecule has 1 heterocycles. The third-order valence-electron chi connectivity index (χ3n) is 3.66. The number of nitrogens with zero attached hydrogens (tertiary/aromatic N) is 1. The first-order chi connectivity index (χ1) is 7.96. The maximum absolute atomic E-state index is 4.45. The zero-order chi connectivity index (χ0) is 12.5. The van der Waals surface area contributed by atoms with E-state index in [1.807, 2.05) is 6.20 Å². The summed E-state index contributed by atoms with van der Waals surface area (Å²) in [7, 11) is 0. The molecule has 0 atom stereocenters. The van der Waals surface area contributed by atoms with Gasteiger partial charge in [-0.25, -0.2) is 4.98 Å². The van der Waals surface area contributed by atoms with Gasteiger partial charge in [0, 0.05) is 12.2 Å². The van der Waals surface area contributed by atoms with Crippen LogP contribution in [-0.4, -0.2) is 11.0 Å². The molecule has 0 radical (unpaired) electrons. The van der Waals surface area contributed by atoms with Crippen LogP contribution in [0.25, 0.3) is 0 Å². The average Bonchev–Trinajstić information content (AvgIpc) is 2.25. The van der Waals surface area contributed by atoms with E-state index in [4.69, 9.17) is 0 Å². The number of nitrogens with one attached hydrogen (secondary N) is 1. The van der Waals surface area contributed by atoms with Crippen molar-refractivity contribution in [2.24, 2.45) is 5.41 Å². The smallest absolute Gasteiger partial charge is 0.140 e. The van der Waals surface area contributed by atoms with Crippen molar-refractivity contribution in [3.63, 3.8) is 0 Å². The van der Waals surface area contributed by atoms with Crippen LogP contribution in [0.15, 0.2) is 16.7 Å². The molecule has 1 N–H and O–H groups in total.